The van der Waals surface area contributed by atoms with Crippen LogP contribution < -0.4 is 5.32 Å². The molecule has 0 amide bonds. The molecule has 0 saturated heterocycles. The van der Waals surface area contributed by atoms with Gasteiger partial charge in [-0.25, -0.2) is 9.98 Å². The normalized spacial score (nSPS) is 14.0. The Morgan fingerprint density at radius 3 is 3.00 bits per heavy atom. The van der Waals surface area contributed by atoms with Crippen LogP contribution in [0.15, 0.2) is 35.7 Å². The molecule has 0 aromatic carbocycles. The molecule has 25 heavy (non-hydrogen) atoms. The Labute approximate surface area is 147 Å². The summed E-state index contributed by atoms with van der Waals surface area (Å²) in [5.41, 5.74) is 3.53. The van der Waals surface area contributed by atoms with Crippen LogP contribution in [0.1, 0.15) is 21.8 Å². The van der Waals surface area contributed by atoms with Crippen molar-refractivity contribution in [3.8, 4) is 5.88 Å². The number of anilines is 1. The predicted molar refractivity (Wildman–Crippen MR) is 98.1 cm³/mol. The molecule has 0 atom stereocenters. The number of rotatable bonds is 4. The van der Waals surface area contributed by atoms with Crippen molar-refractivity contribution in [1.29, 1.82) is 0 Å². The minimum atomic E-state index is -0.0132. The second-order valence-electron chi connectivity index (χ2n) is 5.44. The summed E-state index contributed by atoms with van der Waals surface area (Å²) in [6, 6.07) is 3.82. The lowest BCUT2D eigenvalue weighted by Crippen LogP contribution is -2.02. The topological polar surface area (TPSA) is 96.2 Å². The number of aromatic hydroxyl groups is 1. The number of allylic oxidation sites excluding steroid dienone is 1. The highest BCUT2D eigenvalue weighted by Gasteiger charge is 2.15. The van der Waals surface area contributed by atoms with E-state index in [1.807, 2.05) is 25.1 Å². The predicted octanol–water partition coefficient (Wildman–Crippen LogP) is 3.21. The van der Waals surface area contributed by atoms with Crippen molar-refractivity contribution in [1.82, 2.24) is 19.9 Å². The van der Waals surface area contributed by atoms with Crippen molar-refractivity contribution in [2.45, 2.75) is 13.5 Å². The molecular formula is C17H14N6OS. The molecule has 3 aromatic heterocycles. The van der Waals surface area contributed by atoms with Crippen LogP contribution in [0.3, 0.4) is 0 Å². The quantitative estimate of drug-likeness (QED) is 0.750. The first-order valence-electron chi connectivity index (χ1n) is 7.61. The molecule has 4 heterocycles. The molecule has 4 rings (SSSR count). The third-order valence-electron chi connectivity index (χ3n) is 3.60. The third kappa shape index (κ3) is 3.24. The lowest BCUT2D eigenvalue weighted by Gasteiger charge is -2.01. The highest BCUT2D eigenvalue weighted by atomic mass is 32.1. The Kier molecular flexibility index (Phi) is 3.95. The van der Waals surface area contributed by atoms with E-state index in [0.717, 1.165) is 22.5 Å². The van der Waals surface area contributed by atoms with Gasteiger partial charge in [-0.3, -0.25) is 9.97 Å². The fourth-order valence-electron chi connectivity index (χ4n) is 2.35. The Morgan fingerprint density at radius 2 is 2.16 bits per heavy atom. The SMILES string of the molecule is Cc1cnc(CNc2nc(O)c(/C=C3\C=Nc4ncccc43)s2)cn1. The fraction of sp³-hybridized carbons (Fsp3) is 0.118. The Balaban J connectivity index is 1.52. The molecule has 0 unspecified atom stereocenters. The summed E-state index contributed by atoms with van der Waals surface area (Å²) in [5.74, 6) is 0.676. The van der Waals surface area contributed by atoms with E-state index in [4.69, 9.17) is 0 Å². The maximum Gasteiger partial charge on any atom is 0.231 e. The zero-order valence-corrected chi connectivity index (χ0v) is 14.2. The van der Waals surface area contributed by atoms with Gasteiger partial charge < -0.3 is 10.4 Å². The molecule has 2 N–H and O–H groups in total. The van der Waals surface area contributed by atoms with E-state index in [-0.39, 0.29) is 5.88 Å². The molecule has 7 nitrogen and oxygen atoms in total. The molecule has 0 saturated carbocycles. The van der Waals surface area contributed by atoms with Crippen LogP contribution in [0.5, 0.6) is 5.88 Å². The number of aryl methyl sites for hydroxylation is 1. The molecular weight excluding hydrogens is 336 g/mol. The average molecular weight is 350 g/mol. The average Bonchev–Trinajstić information content (AvgIpc) is 3.19. The van der Waals surface area contributed by atoms with Gasteiger partial charge in [0.1, 0.15) is 0 Å². The maximum absolute atomic E-state index is 10.1. The van der Waals surface area contributed by atoms with E-state index < -0.39 is 0 Å². The van der Waals surface area contributed by atoms with E-state index in [9.17, 15) is 5.11 Å². The van der Waals surface area contributed by atoms with E-state index in [1.54, 1.807) is 24.8 Å². The van der Waals surface area contributed by atoms with Crippen LogP contribution in [-0.2, 0) is 6.54 Å². The number of fused-ring (bicyclic) bond motifs is 1. The molecule has 0 radical (unpaired) electrons. The molecule has 0 spiro atoms. The Morgan fingerprint density at radius 1 is 1.24 bits per heavy atom. The van der Waals surface area contributed by atoms with Gasteiger partial charge in [-0.1, -0.05) is 11.3 Å². The largest absolute Gasteiger partial charge is 0.492 e. The van der Waals surface area contributed by atoms with Gasteiger partial charge in [0.25, 0.3) is 0 Å². The summed E-state index contributed by atoms with van der Waals surface area (Å²) in [6.07, 6.45) is 8.75. The van der Waals surface area contributed by atoms with E-state index in [0.29, 0.717) is 22.4 Å². The first-order valence-corrected chi connectivity index (χ1v) is 8.43. The summed E-state index contributed by atoms with van der Waals surface area (Å²) >= 11 is 1.36. The molecule has 1 aliphatic heterocycles. The zero-order valence-electron chi connectivity index (χ0n) is 13.3. The Hall–Kier alpha value is -3.13. The van der Waals surface area contributed by atoms with Crippen molar-refractivity contribution >= 4 is 40.1 Å². The number of hydrogen-bond donors (Lipinski definition) is 2. The van der Waals surface area contributed by atoms with E-state index >= 15 is 0 Å². The second kappa shape index (κ2) is 6.40. The standard InChI is InChI=1S/C17H14N6OS/c1-10-6-20-12(8-19-10)9-22-17-23-16(24)14(25-17)5-11-7-21-15-13(11)3-2-4-18-15/h2-8,24H,9H2,1H3,(H,22,23)/b11-5+. The van der Waals surface area contributed by atoms with Crippen LogP contribution in [0, 0.1) is 6.92 Å². The highest BCUT2D eigenvalue weighted by molar-refractivity contribution is 7.16. The summed E-state index contributed by atoms with van der Waals surface area (Å²) in [6.45, 7) is 2.38. The summed E-state index contributed by atoms with van der Waals surface area (Å²) in [4.78, 5) is 21.8. The van der Waals surface area contributed by atoms with E-state index in [1.165, 1.54) is 11.3 Å². The lowest BCUT2D eigenvalue weighted by atomic mass is 10.1. The number of thiazole rings is 1. The highest BCUT2D eigenvalue weighted by Crippen LogP contribution is 2.35. The molecule has 3 aromatic rings. The number of pyridine rings is 1. The minimum absolute atomic E-state index is 0.0132. The Bertz CT molecular complexity index is 977. The van der Waals surface area contributed by atoms with Gasteiger partial charge >= 0.3 is 0 Å². The summed E-state index contributed by atoms with van der Waals surface area (Å²) in [7, 11) is 0. The molecule has 1 aliphatic rings. The van der Waals surface area contributed by atoms with Crippen LogP contribution >= 0.6 is 11.3 Å². The first-order chi connectivity index (χ1) is 12.2. The number of nitrogens with one attached hydrogen (secondary N) is 1. The van der Waals surface area contributed by atoms with Crippen LogP contribution in [0.25, 0.3) is 11.6 Å². The summed E-state index contributed by atoms with van der Waals surface area (Å²) < 4.78 is 0. The van der Waals surface area contributed by atoms with Crippen LogP contribution in [0.4, 0.5) is 10.9 Å². The van der Waals surface area contributed by atoms with Crippen LogP contribution in [0.2, 0.25) is 0 Å². The fourth-order valence-corrected chi connectivity index (χ4v) is 3.16. The molecule has 0 bridgehead atoms. The first kappa shape index (κ1) is 15.4. The van der Waals surface area contributed by atoms with Gasteiger partial charge in [-0.15, -0.1) is 0 Å². The second-order valence-corrected chi connectivity index (χ2v) is 6.47. The van der Waals surface area contributed by atoms with Gasteiger partial charge in [-0.05, 0) is 25.1 Å². The monoisotopic (exact) mass is 350 g/mol. The third-order valence-corrected chi connectivity index (χ3v) is 4.55. The number of aromatic nitrogens is 4. The van der Waals surface area contributed by atoms with Crippen LogP contribution in [-0.4, -0.2) is 31.3 Å². The van der Waals surface area contributed by atoms with Gasteiger partial charge in [0.15, 0.2) is 10.9 Å². The van der Waals surface area contributed by atoms with Crippen molar-refractivity contribution in [2.75, 3.05) is 5.32 Å². The van der Waals surface area contributed by atoms with Crippen molar-refractivity contribution in [2.24, 2.45) is 4.99 Å². The van der Waals surface area contributed by atoms with Gasteiger partial charge in [0.2, 0.25) is 5.88 Å². The van der Waals surface area contributed by atoms with Gasteiger partial charge in [-0.2, -0.15) is 4.98 Å². The maximum atomic E-state index is 10.1. The molecule has 0 aliphatic carbocycles. The van der Waals surface area contributed by atoms with Crippen molar-refractivity contribution < 1.29 is 5.11 Å². The number of hydrogen-bond acceptors (Lipinski definition) is 8. The molecule has 8 heteroatoms. The smallest absolute Gasteiger partial charge is 0.231 e. The van der Waals surface area contributed by atoms with Gasteiger partial charge in [0.05, 0.1) is 29.0 Å². The van der Waals surface area contributed by atoms with Gasteiger partial charge in [0, 0.05) is 29.7 Å². The van der Waals surface area contributed by atoms with E-state index in [2.05, 4.69) is 30.2 Å². The molecule has 0 fully saturated rings. The number of nitrogens with zero attached hydrogens (tertiary/aromatic N) is 5. The number of aliphatic imine (C=N–C) groups is 1. The minimum Gasteiger partial charge on any atom is -0.492 e. The summed E-state index contributed by atoms with van der Waals surface area (Å²) in [5, 5.41) is 13.9. The van der Waals surface area contributed by atoms with Crippen molar-refractivity contribution in [3.05, 3.63) is 52.6 Å². The lowest BCUT2D eigenvalue weighted by molar-refractivity contribution is 0.456. The molecule has 124 valence electrons. The van der Waals surface area contributed by atoms with Crippen molar-refractivity contribution in [3.63, 3.8) is 0 Å². The zero-order chi connectivity index (χ0) is 17.2.